The highest BCUT2D eigenvalue weighted by atomic mass is 19.4. The average Bonchev–Trinajstić information content (AvgIpc) is 2.45. The highest BCUT2D eigenvalue weighted by molar-refractivity contribution is 5.15. The molecule has 0 radical (unpaired) electrons. The molecule has 1 nitrogen and oxygen atoms in total. The van der Waals surface area contributed by atoms with E-state index in [1.54, 1.807) is 30.3 Å². The summed E-state index contributed by atoms with van der Waals surface area (Å²) in [7, 11) is 0. The van der Waals surface area contributed by atoms with Gasteiger partial charge in [-0.25, -0.2) is 0 Å². The van der Waals surface area contributed by atoms with E-state index < -0.39 is 24.1 Å². The first-order valence-electron chi connectivity index (χ1n) is 7.80. The number of hydrogen-bond donors (Lipinski definition) is 1. The molecule has 0 aliphatic carbocycles. The van der Waals surface area contributed by atoms with Crippen LogP contribution in [0.1, 0.15) is 51.0 Å². The summed E-state index contributed by atoms with van der Waals surface area (Å²) < 4.78 is 64.1. The molecule has 0 fully saturated rings. The zero-order chi connectivity index (χ0) is 17.6. The molecule has 0 spiro atoms. The second kappa shape index (κ2) is 8.08. The van der Waals surface area contributed by atoms with Gasteiger partial charge >= 0.3 is 12.1 Å². The number of unbranched alkanes of at least 4 members (excludes halogenated alkanes) is 2. The fourth-order valence-electron chi connectivity index (χ4n) is 2.54. The molecule has 0 heterocycles. The molecule has 0 bridgehead atoms. The van der Waals surface area contributed by atoms with Crippen LogP contribution in [-0.4, -0.2) is 22.8 Å². The van der Waals surface area contributed by atoms with E-state index in [-0.39, 0.29) is 19.3 Å². The summed E-state index contributed by atoms with van der Waals surface area (Å²) in [5.41, 5.74) is -1.22. The van der Waals surface area contributed by atoms with Crippen LogP contribution in [0.3, 0.4) is 0 Å². The maximum Gasteiger partial charge on any atom is 0.453 e. The van der Waals surface area contributed by atoms with Crippen LogP contribution in [0.2, 0.25) is 0 Å². The summed E-state index contributed by atoms with van der Waals surface area (Å²) in [5, 5.41) is 10.4. The van der Waals surface area contributed by atoms with Crippen LogP contribution in [-0.2, 0) is 6.42 Å². The van der Waals surface area contributed by atoms with E-state index in [1.807, 2.05) is 6.92 Å². The van der Waals surface area contributed by atoms with Crippen LogP contribution in [0, 0.1) is 0 Å². The van der Waals surface area contributed by atoms with E-state index in [9.17, 15) is 27.1 Å². The van der Waals surface area contributed by atoms with E-state index in [0.717, 1.165) is 12.0 Å². The van der Waals surface area contributed by atoms with E-state index in [2.05, 4.69) is 0 Å². The minimum Gasteiger partial charge on any atom is -0.390 e. The van der Waals surface area contributed by atoms with Gasteiger partial charge in [0.2, 0.25) is 0 Å². The third kappa shape index (κ3) is 6.45. The second-order valence-corrected chi connectivity index (χ2v) is 6.05. The van der Waals surface area contributed by atoms with E-state index in [0.29, 0.717) is 12.8 Å². The molecule has 0 aromatic heterocycles. The van der Waals surface area contributed by atoms with Crippen molar-refractivity contribution in [3.63, 3.8) is 0 Å². The van der Waals surface area contributed by atoms with Crippen LogP contribution >= 0.6 is 0 Å². The van der Waals surface area contributed by atoms with Crippen LogP contribution in [0.15, 0.2) is 30.3 Å². The fraction of sp³-hybridized carbons (Fsp3) is 0.647. The summed E-state index contributed by atoms with van der Waals surface area (Å²) in [5.74, 6) is -4.88. The Labute approximate surface area is 133 Å². The van der Waals surface area contributed by atoms with Gasteiger partial charge in [-0.15, -0.1) is 0 Å². The Kier molecular flexibility index (Phi) is 6.99. The van der Waals surface area contributed by atoms with E-state index in [1.165, 1.54) is 0 Å². The molecule has 1 atom stereocenters. The van der Waals surface area contributed by atoms with Gasteiger partial charge in [-0.2, -0.15) is 22.0 Å². The van der Waals surface area contributed by atoms with E-state index >= 15 is 0 Å². The Morgan fingerprint density at radius 1 is 0.913 bits per heavy atom. The van der Waals surface area contributed by atoms with Gasteiger partial charge in [0.25, 0.3) is 0 Å². The summed E-state index contributed by atoms with van der Waals surface area (Å²) in [4.78, 5) is 0. The Bertz CT molecular complexity index is 458. The Balaban J connectivity index is 2.80. The number of rotatable bonds is 9. The Morgan fingerprint density at radius 3 is 2.04 bits per heavy atom. The normalized spacial score (nSPS) is 15.4. The minimum atomic E-state index is -5.64. The molecular weight excluding hydrogens is 315 g/mol. The maximum atomic E-state index is 13.4. The Morgan fingerprint density at radius 2 is 1.52 bits per heavy atom. The van der Waals surface area contributed by atoms with Crippen molar-refractivity contribution in [2.24, 2.45) is 0 Å². The molecule has 132 valence electrons. The van der Waals surface area contributed by atoms with Crippen molar-refractivity contribution in [2.45, 2.75) is 69.6 Å². The number of halogens is 5. The second-order valence-electron chi connectivity index (χ2n) is 6.05. The van der Waals surface area contributed by atoms with Crippen molar-refractivity contribution in [1.29, 1.82) is 0 Å². The summed E-state index contributed by atoms with van der Waals surface area (Å²) in [6.07, 6.45) is -5.23. The molecule has 0 amide bonds. The first-order valence-corrected chi connectivity index (χ1v) is 7.80. The smallest absolute Gasteiger partial charge is 0.390 e. The number of benzene rings is 1. The monoisotopic (exact) mass is 338 g/mol. The summed E-state index contributed by atoms with van der Waals surface area (Å²) in [6, 6.07) is 8.82. The van der Waals surface area contributed by atoms with Crippen LogP contribution in [0.25, 0.3) is 0 Å². The van der Waals surface area contributed by atoms with Gasteiger partial charge < -0.3 is 5.11 Å². The highest BCUT2D eigenvalue weighted by Crippen LogP contribution is 2.43. The number of alkyl halides is 5. The third-order valence-corrected chi connectivity index (χ3v) is 3.93. The zero-order valence-corrected chi connectivity index (χ0v) is 13.2. The lowest BCUT2D eigenvalue weighted by molar-refractivity contribution is -0.297. The van der Waals surface area contributed by atoms with Gasteiger partial charge in [0.1, 0.15) is 0 Å². The molecule has 1 rings (SSSR count). The third-order valence-electron chi connectivity index (χ3n) is 3.93. The molecule has 1 aromatic rings. The van der Waals surface area contributed by atoms with Crippen molar-refractivity contribution in [1.82, 2.24) is 0 Å². The van der Waals surface area contributed by atoms with Gasteiger partial charge in [-0.05, 0) is 24.8 Å². The van der Waals surface area contributed by atoms with Crippen LogP contribution < -0.4 is 0 Å². The van der Waals surface area contributed by atoms with Gasteiger partial charge in [0.05, 0.1) is 5.60 Å². The van der Waals surface area contributed by atoms with Gasteiger partial charge in [-0.3, -0.25) is 0 Å². The summed E-state index contributed by atoms with van der Waals surface area (Å²) >= 11 is 0. The molecule has 23 heavy (non-hydrogen) atoms. The number of aryl methyl sites for hydroxylation is 1. The van der Waals surface area contributed by atoms with Crippen LogP contribution in [0.4, 0.5) is 22.0 Å². The molecule has 0 aliphatic heterocycles. The topological polar surface area (TPSA) is 20.2 Å². The van der Waals surface area contributed by atoms with Crippen molar-refractivity contribution < 1.29 is 27.1 Å². The standard InChI is InChI=1S/C17H23F5O/c1-2-3-7-11-15(23,13-16(18,19)17(20,21)22)12-10-14-8-5-4-6-9-14/h4-6,8-9,23H,2-3,7,10-13H2,1H3. The summed E-state index contributed by atoms with van der Waals surface area (Å²) in [6.45, 7) is 1.90. The molecular formula is C17H23F5O. The van der Waals surface area contributed by atoms with E-state index in [4.69, 9.17) is 0 Å². The lowest BCUT2D eigenvalue weighted by Crippen LogP contribution is -2.45. The van der Waals surface area contributed by atoms with Crippen molar-refractivity contribution >= 4 is 0 Å². The molecule has 6 heteroatoms. The Hall–Kier alpha value is -1.17. The highest BCUT2D eigenvalue weighted by Gasteiger charge is 2.60. The average molecular weight is 338 g/mol. The van der Waals surface area contributed by atoms with Crippen molar-refractivity contribution in [3.05, 3.63) is 35.9 Å². The quantitative estimate of drug-likeness (QED) is 0.464. The number of aliphatic hydroxyl groups is 1. The minimum absolute atomic E-state index is 0.0562. The first kappa shape index (κ1) is 19.9. The van der Waals surface area contributed by atoms with Gasteiger partial charge in [-0.1, -0.05) is 56.5 Å². The first-order chi connectivity index (χ1) is 10.6. The lowest BCUT2D eigenvalue weighted by atomic mass is 9.84. The van der Waals surface area contributed by atoms with Crippen molar-refractivity contribution in [3.8, 4) is 0 Å². The molecule has 1 aromatic carbocycles. The molecule has 1 unspecified atom stereocenters. The molecule has 1 N–H and O–H groups in total. The maximum absolute atomic E-state index is 13.4. The van der Waals surface area contributed by atoms with Crippen molar-refractivity contribution in [2.75, 3.05) is 0 Å². The predicted octanol–water partition coefficient (Wildman–Crippen LogP) is 5.52. The van der Waals surface area contributed by atoms with Gasteiger partial charge in [0, 0.05) is 6.42 Å². The largest absolute Gasteiger partial charge is 0.453 e. The molecule has 0 saturated heterocycles. The molecule has 0 saturated carbocycles. The SMILES string of the molecule is CCCCCC(O)(CCc1ccccc1)CC(F)(F)C(F)(F)F. The number of hydrogen-bond acceptors (Lipinski definition) is 1. The zero-order valence-electron chi connectivity index (χ0n) is 13.2. The van der Waals surface area contributed by atoms with Crippen LogP contribution in [0.5, 0.6) is 0 Å². The lowest BCUT2D eigenvalue weighted by Gasteiger charge is -2.33. The van der Waals surface area contributed by atoms with Gasteiger partial charge in [0.15, 0.2) is 0 Å². The fourth-order valence-corrected chi connectivity index (χ4v) is 2.54. The predicted molar refractivity (Wildman–Crippen MR) is 79.5 cm³/mol. The molecule has 0 aliphatic rings.